The lowest BCUT2D eigenvalue weighted by Crippen LogP contribution is -2.28. The first-order valence-corrected chi connectivity index (χ1v) is 6.01. The number of pyridine rings is 1. The Bertz CT molecular complexity index is 302. The summed E-state index contributed by atoms with van der Waals surface area (Å²) in [5.74, 6) is 0. The Kier molecular flexibility index (Phi) is 6.04. The molecule has 0 aliphatic carbocycles. The van der Waals surface area contributed by atoms with E-state index in [1.165, 1.54) is 18.4 Å². The van der Waals surface area contributed by atoms with Crippen LogP contribution in [0.25, 0.3) is 0 Å². The molecule has 90 valence electrons. The smallest absolute Gasteiger partial charge is 0.0558 e. The van der Waals surface area contributed by atoms with Gasteiger partial charge in [0.25, 0.3) is 0 Å². The summed E-state index contributed by atoms with van der Waals surface area (Å²) in [6.07, 6.45) is 4.19. The molecule has 0 aliphatic rings. The Labute approximate surface area is 98.1 Å². The van der Waals surface area contributed by atoms with Crippen molar-refractivity contribution in [1.29, 1.82) is 0 Å². The Morgan fingerprint density at radius 1 is 1.38 bits per heavy atom. The molecule has 0 aromatic carbocycles. The number of aliphatic hydroxyl groups is 1. The summed E-state index contributed by atoms with van der Waals surface area (Å²) in [5.41, 5.74) is 2.34. The lowest BCUT2D eigenvalue weighted by molar-refractivity contribution is 0.188. The SMILES string of the molecule is CCCCN(CCO)Cc1cccnc1C. The lowest BCUT2D eigenvalue weighted by atomic mass is 10.2. The normalized spacial score (nSPS) is 11.0. The minimum Gasteiger partial charge on any atom is -0.395 e. The van der Waals surface area contributed by atoms with Crippen molar-refractivity contribution in [1.82, 2.24) is 9.88 Å². The van der Waals surface area contributed by atoms with Crippen molar-refractivity contribution in [2.45, 2.75) is 33.2 Å². The summed E-state index contributed by atoms with van der Waals surface area (Å²) in [6, 6.07) is 4.08. The zero-order valence-electron chi connectivity index (χ0n) is 10.3. The van der Waals surface area contributed by atoms with Gasteiger partial charge in [-0.15, -0.1) is 0 Å². The molecule has 1 rings (SSSR count). The van der Waals surface area contributed by atoms with Crippen molar-refractivity contribution < 1.29 is 5.11 Å². The minimum absolute atomic E-state index is 0.225. The molecule has 0 spiro atoms. The third-order valence-electron chi connectivity index (χ3n) is 2.75. The molecule has 0 unspecified atom stereocenters. The van der Waals surface area contributed by atoms with E-state index in [9.17, 15) is 0 Å². The molecule has 0 bridgehead atoms. The standard InChI is InChI=1S/C13H22N2O/c1-3-4-8-15(9-10-16)11-13-6-5-7-14-12(13)2/h5-7,16H,3-4,8-11H2,1-2H3. The molecule has 0 atom stereocenters. The van der Waals surface area contributed by atoms with Gasteiger partial charge in [-0.3, -0.25) is 9.88 Å². The van der Waals surface area contributed by atoms with Gasteiger partial charge in [-0.1, -0.05) is 19.4 Å². The first-order valence-electron chi connectivity index (χ1n) is 6.01. The fourth-order valence-electron chi connectivity index (χ4n) is 1.72. The second-order valence-electron chi connectivity index (χ2n) is 4.10. The highest BCUT2D eigenvalue weighted by Crippen LogP contribution is 2.08. The molecule has 0 radical (unpaired) electrons. The van der Waals surface area contributed by atoms with Crippen molar-refractivity contribution in [3.63, 3.8) is 0 Å². The van der Waals surface area contributed by atoms with Gasteiger partial charge in [-0.25, -0.2) is 0 Å². The van der Waals surface area contributed by atoms with Gasteiger partial charge in [0, 0.05) is 25.0 Å². The van der Waals surface area contributed by atoms with Gasteiger partial charge in [-0.2, -0.15) is 0 Å². The van der Waals surface area contributed by atoms with E-state index < -0.39 is 0 Å². The van der Waals surface area contributed by atoms with Gasteiger partial charge in [0.2, 0.25) is 0 Å². The monoisotopic (exact) mass is 222 g/mol. The molecule has 0 aliphatic heterocycles. The zero-order valence-corrected chi connectivity index (χ0v) is 10.3. The molecule has 1 N–H and O–H groups in total. The van der Waals surface area contributed by atoms with Crippen LogP contribution in [0.4, 0.5) is 0 Å². The number of nitrogens with zero attached hydrogens (tertiary/aromatic N) is 2. The van der Waals surface area contributed by atoms with Crippen LogP contribution in [0.2, 0.25) is 0 Å². The molecular weight excluding hydrogens is 200 g/mol. The van der Waals surface area contributed by atoms with E-state index in [0.717, 1.165) is 25.3 Å². The average molecular weight is 222 g/mol. The van der Waals surface area contributed by atoms with Gasteiger partial charge in [0.15, 0.2) is 0 Å². The predicted octanol–water partition coefficient (Wildman–Crippen LogP) is 1.98. The molecule has 3 nitrogen and oxygen atoms in total. The fraction of sp³-hybridized carbons (Fsp3) is 0.615. The van der Waals surface area contributed by atoms with E-state index in [2.05, 4.69) is 22.9 Å². The average Bonchev–Trinajstić information content (AvgIpc) is 2.29. The second-order valence-corrected chi connectivity index (χ2v) is 4.10. The zero-order chi connectivity index (χ0) is 11.8. The molecule has 1 aromatic heterocycles. The van der Waals surface area contributed by atoms with Gasteiger partial charge < -0.3 is 5.11 Å². The predicted molar refractivity (Wildman–Crippen MR) is 66.2 cm³/mol. The van der Waals surface area contributed by atoms with Crippen LogP contribution in [0.1, 0.15) is 31.0 Å². The maximum absolute atomic E-state index is 9.03. The minimum atomic E-state index is 0.225. The van der Waals surface area contributed by atoms with Crippen LogP contribution >= 0.6 is 0 Å². The molecule has 1 aromatic rings. The maximum Gasteiger partial charge on any atom is 0.0558 e. The number of unbranched alkanes of at least 4 members (excludes halogenated alkanes) is 1. The van der Waals surface area contributed by atoms with Crippen LogP contribution in [0.3, 0.4) is 0 Å². The van der Waals surface area contributed by atoms with Crippen molar-refractivity contribution >= 4 is 0 Å². The van der Waals surface area contributed by atoms with Crippen molar-refractivity contribution in [3.05, 3.63) is 29.6 Å². The van der Waals surface area contributed by atoms with Crippen LogP contribution in [-0.4, -0.2) is 34.7 Å². The molecule has 0 saturated carbocycles. The Morgan fingerprint density at radius 2 is 2.19 bits per heavy atom. The number of rotatable bonds is 7. The van der Waals surface area contributed by atoms with E-state index >= 15 is 0 Å². The molecule has 3 heteroatoms. The maximum atomic E-state index is 9.03. The summed E-state index contributed by atoms with van der Waals surface area (Å²) in [5, 5.41) is 9.03. The molecule has 0 amide bonds. The summed E-state index contributed by atoms with van der Waals surface area (Å²) in [6.45, 7) is 7.13. The Balaban J connectivity index is 2.56. The lowest BCUT2D eigenvalue weighted by Gasteiger charge is -2.21. The molecule has 0 fully saturated rings. The van der Waals surface area contributed by atoms with Crippen molar-refractivity contribution in [3.8, 4) is 0 Å². The van der Waals surface area contributed by atoms with Gasteiger partial charge in [-0.05, 0) is 31.5 Å². The van der Waals surface area contributed by atoms with Gasteiger partial charge >= 0.3 is 0 Å². The van der Waals surface area contributed by atoms with Crippen LogP contribution in [0.5, 0.6) is 0 Å². The summed E-state index contributed by atoms with van der Waals surface area (Å²) < 4.78 is 0. The number of hydrogen-bond acceptors (Lipinski definition) is 3. The Hall–Kier alpha value is -0.930. The highest BCUT2D eigenvalue weighted by molar-refractivity contribution is 5.17. The molecular formula is C13H22N2O. The molecule has 1 heterocycles. The fourth-order valence-corrected chi connectivity index (χ4v) is 1.72. The Morgan fingerprint density at radius 3 is 2.81 bits per heavy atom. The summed E-state index contributed by atoms with van der Waals surface area (Å²) in [7, 11) is 0. The first kappa shape index (κ1) is 13.1. The van der Waals surface area contributed by atoms with Crippen LogP contribution in [0, 0.1) is 6.92 Å². The van der Waals surface area contributed by atoms with E-state index in [-0.39, 0.29) is 6.61 Å². The first-order chi connectivity index (χ1) is 7.77. The van der Waals surface area contributed by atoms with Crippen molar-refractivity contribution in [2.24, 2.45) is 0 Å². The summed E-state index contributed by atoms with van der Waals surface area (Å²) in [4.78, 5) is 6.57. The van der Waals surface area contributed by atoms with E-state index in [1.807, 2.05) is 19.2 Å². The number of aliphatic hydroxyl groups excluding tert-OH is 1. The summed E-state index contributed by atoms with van der Waals surface area (Å²) >= 11 is 0. The van der Waals surface area contributed by atoms with E-state index in [4.69, 9.17) is 5.11 Å². The van der Waals surface area contributed by atoms with Gasteiger partial charge in [0.1, 0.15) is 0 Å². The van der Waals surface area contributed by atoms with E-state index in [0.29, 0.717) is 0 Å². The van der Waals surface area contributed by atoms with Crippen LogP contribution < -0.4 is 0 Å². The second kappa shape index (κ2) is 7.36. The van der Waals surface area contributed by atoms with Gasteiger partial charge in [0.05, 0.1) is 6.61 Å². The third-order valence-corrected chi connectivity index (χ3v) is 2.75. The van der Waals surface area contributed by atoms with E-state index in [1.54, 1.807) is 0 Å². The molecule has 16 heavy (non-hydrogen) atoms. The largest absolute Gasteiger partial charge is 0.395 e. The quantitative estimate of drug-likeness (QED) is 0.766. The topological polar surface area (TPSA) is 36.4 Å². The van der Waals surface area contributed by atoms with Crippen LogP contribution in [0.15, 0.2) is 18.3 Å². The number of aromatic nitrogens is 1. The number of hydrogen-bond donors (Lipinski definition) is 1. The van der Waals surface area contributed by atoms with Crippen molar-refractivity contribution in [2.75, 3.05) is 19.7 Å². The number of aryl methyl sites for hydroxylation is 1. The van der Waals surface area contributed by atoms with Crippen LogP contribution in [-0.2, 0) is 6.54 Å². The highest BCUT2D eigenvalue weighted by Gasteiger charge is 2.06. The molecule has 0 saturated heterocycles. The highest BCUT2D eigenvalue weighted by atomic mass is 16.3. The third kappa shape index (κ3) is 4.29.